The zero-order valence-electron chi connectivity index (χ0n) is 18.4. The Morgan fingerprint density at radius 3 is 2.17 bits per heavy atom. The fourth-order valence-corrected chi connectivity index (χ4v) is 4.46. The Labute approximate surface area is 199 Å². The van der Waals surface area contributed by atoms with E-state index in [2.05, 4.69) is 0 Å². The second-order valence-electron chi connectivity index (χ2n) is 8.06. The second kappa shape index (κ2) is 8.65. The molecule has 2 amide bonds. The summed E-state index contributed by atoms with van der Waals surface area (Å²) >= 11 is 0. The van der Waals surface area contributed by atoms with Crippen LogP contribution in [0, 0.1) is 16.0 Å². The molecule has 0 bridgehead atoms. The van der Waals surface area contributed by atoms with Gasteiger partial charge in [-0.05, 0) is 42.0 Å². The maximum atomic E-state index is 13.6. The first kappa shape index (κ1) is 22.2. The Morgan fingerprint density at radius 1 is 0.914 bits per heavy atom. The number of fused-ring (bicyclic) bond motifs is 1. The van der Waals surface area contributed by atoms with E-state index in [1.54, 1.807) is 41.5 Å². The summed E-state index contributed by atoms with van der Waals surface area (Å²) in [6.45, 7) is 0. The maximum absolute atomic E-state index is 13.6. The number of esters is 1. The van der Waals surface area contributed by atoms with Crippen molar-refractivity contribution in [1.29, 1.82) is 0 Å². The van der Waals surface area contributed by atoms with Gasteiger partial charge >= 0.3 is 5.97 Å². The molecule has 2 saturated heterocycles. The van der Waals surface area contributed by atoms with Gasteiger partial charge in [-0.2, -0.15) is 0 Å². The molecule has 0 saturated carbocycles. The zero-order chi connectivity index (χ0) is 24.7. The number of carbonyl (C=O) groups excluding carboxylic acids is 3. The molecule has 0 spiro atoms. The lowest BCUT2D eigenvalue weighted by atomic mass is 9.90. The van der Waals surface area contributed by atoms with Crippen molar-refractivity contribution >= 4 is 34.8 Å². The fraction of sp³-hybridized carbons (Fsp3) is 0.160. The summed E-state index contributed by atoms with van der Waals surface area (Å²) in [5.41, 5.74) is 1.75. The normalized spacial score (nSPS) is 21.2. The topological polar surface area (TPSA) is 119 Å². The third kappa shape index (κ3) is 3.69. The van der Waals surface area contributed by atoms with Crippen LogP contribution < -0.4 is 9.96 Å². The maximum Gasteiger partial charge on any atom is 0.337 e. The Kier molecular flexibility index (Phi) is 5.50. The molecule has 0 radical (unpaired) electrons. The number of ether oxygens (including phenoxy) is 1. The van der Waals surface area contributed by atoms with E-state index in [0.717, 1.165) is 4.90 Å². The highest BCUT2D eigenvalue weighted by molar-refractivity contribution is 6.24. The van der Waals surface area contributed by atoms with Crippen molar-refractivity contribution in [3.63, 3.8) is 0 Å². The first-order valence-electron chi connectivity index (χ1n) is 10.7. The summed E-state index contributed by atoms with van der Waals surface area (Å²) in [5, 5.41) is 12.5. The largest absolute Gasteiger partial charge is 0.465 e. The quantitative estimate of drug-likeness (QED) is 0.239. The van der Waals surface area contributed by atoms with Gasteiger partial charge in [-0.3, -0.25) is 24.5 Å². The average molecular weight is 473 g/mol. The van der Waals surface area contributed by atoms with Crippen LogP contribution in [0.3, 0.4) is 0 Å². The average Bonchev–Trinajstić information content (AvgIpc) is 3.40. The first-order chi connectivity index (χ1) is 16.9. The summed E-state index contributed by atoms with van der Waals surface area (Å²) in [7, 11) is 1.29. The molecule has 10 heteroatoms. The number of non-ortho nitro benzene ring substituents is 1. The number of nitro benzene ring substituents is 1. The van der Waals surface area contributed by atoms with Crippen molar-refractivity contribution < 1.29 is 28.9 Å². The number of methoxy groups -OCH3 is 1. The van der Waals surface area contributed by atoms with Gasteiger partial charge in [0.05, 0.1) is 35.0 Å². The van der Waals surface area contributed by atoms with Crippen LogP contribution in [0.5, 0.6) is 0 Å². The summed E-state index contributed by atoms with van der Waals surface area (Å²) < 4.78 is 4.76. The van der Waals surface area contributed by atoms with E-state index in [0.29, 0.717) is 16.8 Å². The number of hydroxylamine groups is 1. The Bertz CT molecular complexity index is 1310. The number of para-hydroxylation sites is 1. The molecular formula is C25H19N3O7. The van der Waals surface area contributed by atoms with Crippen LogP contribution in [-0.2, 0) is 19.2 Å². The zero-order valence-corrected chi connectivity index (χ0v) is 18.4. The molecule has 2 heterocycles. The summed E-state index contributed by atoms with van der Waals surface area (Å²) in [4.78, 5) is 56.3. The molecule has 10 nitrogen and oxygen atoms in total. The van der Waals surface area contributed by atoms with E-state index in [9.17, 15) is 24.5 Å². The van der Waals surface area contributed by atoms with Gasteiger partial charge in [-0.25, -0.2) is 14.8 Å². The number of carbonyl (C=O) groups is 3. The molecule has 0 unspecified atom stereocenters. The molecule has 176 valence electrons. The summed E-state index contributed by atoms with van der Waals surface area (Å²) in [6.07, 6.45) is -1.08. The standard InChI is InChI=1S/C25H19N3O7/c1-34-25(31)16-9-7-15(8-10-16)21-20-22(35-27(21)18-5-3-2-4-6-18)24(30)26(23(20)29)17-11-13-19(14-12-17)28(32)33/h2-14,20-22H,1H3/t20-,21-,22-/m1/s1. The predicted octanol–water partition coefficient (Wildman–Crippen LogP) is 3.43. The van der Waals surface area contributed by atoms with Crippen molar-refractivity contribution in [2.75, 3.05) is 17.1 Å². The molecule has 3 aromatic carbocycles. The van der Waals surface area contributed by atoms with Crippen molar-refractivity contribution in [1.82, 2.24) is 0 Å². The minimum absolute atomic E-state index is 0.150. The Balaban J connectivity index is 1.54. The number of hydrogen-bond donors (Lipinski definition) is 0. The van der Waals surface area contributed by atoms with Gasteiger partial charge in [0.1, 0.15) is 5.92 Å². The number of benzene rings is 3. The number of nitrogens with zero attached hydrogens (tertiary/aromatic N) is 3. The van der Waals surface area contributed by atoms with E-state index >= 15 is 0 Å². The van der Waals surface area contributed by atoms with Gasteiger partial charge in [-0.15, -0.1) is 0 Å². The van der Waals surface area contributed by atoms with Gasteiger partial charge in [-0.1, -0.05) is 30.3 Å². The molecule has 5 rings (SSSR count). The van der Waals surface area contributed by atoms with E-state index < -0.39 is 40.8 Å². The SMILES string of the molecule is COC(=O)c1ccc([C@@H]2[C@H]3C(=O)N(c4ccc([N+](=O)[O-])cc4)C(=O)[C@@H]3ON2c2ccccc2)cc1. The third-order valence-corrected chi connectivity index (χ3v) is 6.12. The van der Waals surface area contributed by atoms with Gasteiger partial charge in [0.2, 0.25) is 5.91 Å². The van der Waals surface area contributed by atoms with Gasteiger partial charge < -0.3 is 4.74 Å². The smallest absolute Gasteiger partial charge is 0.337 e. The number of hydrogen-bond acceptors (Lipinski definition) is 8. The fourth-order valence-electron chi connectivity index (χ4n) is 4.46. The van der Waals surface area contributed by atoms with Crippen molar-refractivity contribution in [3.8, 4) is 0 Å². The van der Waals surface area contributed by atoms with Crippen LogP contribution >= 0.6 is 0 Å². The van der Waals surface area contributed by atoms with Gasteiger partial charge in [0.25, 0.3) is 11.6 Å². The summed E-state index contributed by atoms with van der Waals surface area (Å²) in [6, 6.07) is 20.2. The highest BCUT2D eigenvalue weighted by Crippen LogP contribution is 2.47. The van der Waals surface area contributed by atoms with E-state index in [-0.39, 0.29) is 11.4 Å². The molecule has 3 aromatic rings. The predicted molar refractivity (Wildman–Crippen MR) is 123 cm³/mol. The first-order valence-corrected chi connectivity index (χ1v) is 10.7. The van der Waals surface area contributed by atoms with Gasteiger partial charge in [0.15, 0.2) is 6.10 Å². The minimum Gasteiger partial charge on any atom is -0.465 e. The van der Waals surface area contributed by atoms with E-state index in [1.807, 2.05) is 18.2 Å². The number of imide groups is 1. The lowest BCUT2D eigenvalue weighted by Gasteiger charge is -2.28. The van der Waals surface area contributed by atoms with Gasteiger partial charge in [0, 0.05) is 12.1 Å². The van der Waals surface area contributed by atoms with Crippen LogP contribution in [0.25, 0.3) is 0 Å². The molecule has 2 fully saturated rings. The van der Waals surface area contributed by atoms with Crippen LogP contribution in [0.15, 0.2) is 78.9 Å². The van der Waals surface area contributed by atoms with E-state index in [1.165, 1.54) is 31.4 Å². The molecule has 3 atom stereocenters. The molecule has 0 aromatic heterocycles. The molecule has 0 aliphatic carbocycles. The van der Waals surface area contributed by atoms with Crippen LogP contribution in [0.2, 0.25) is 0 Å². The van der Waals surface area contributed by atoms with Crippen molar-refractivity contribution in [2.24, 2.45) is 5.92 Å². The highest BCUT2D eigenvalue weighted by atomic mass is 16.7. The van der Waals surface area contributed by atoms with Crippen LogP contribution in [0.1, 0.15) is 22.0 Å². The van der Waals surface area contributed by atoms with Crippen LogP contribution in [0.4, 0.5) is 17.1 Å². The molecule has 2 aliphatic rings. The third-order valence-electron chi connectivity index (χ3n) is 6.12. The van der Waals surface area contributed by atoms with Crippen molar-refractivity contribution in [3.05, 3.63) is 100 Å². The lowest BCUT2D eigenvalue weighted by molar-refractivity contribution is -0.384. The van der Waals surface area contributed by atoms with Crippen LogP contribution in [-0.4, -0.2) is 35.9 Å². The number of rotatable bonds is 5. The van der Waals surface area contributed by atoms with Crippen molar-refractivity contribution in [2.45, 2.75) is 12.1 Å². The molecule has 2 aliphatic heterocycles. The second-order valence-corrected chi connectivity index (χ2v) is 8.06. The Hall–Kier alpha value is -4.57. The lowest BCUT2D eigenvalue weighted by Crippen LogP contribution is -2.37. The molecular weight excluding hydrogens is 454 g/mol. The number of amides is 2. The number of anilines is 2. The van der Waals surface area contributed by atoms with E-state index in [4.69, 9.17) is 9.57 Å². The minimum atomic E-state index is -1.08. The molecule has 35 heavy (non-hydrogen) atoms. The monoisotopic (exact) mass is 473 g/mol. The number of nitro groups is 1. The highest BCUT2D eigenvalue weighted by Gasteiger charge is 2.60. The Morgan fingerprint density at radius 2 is 1.57 bits per heavy atom. The molecule has 0 N–H and O–H groups in total. The summed E-state index contributed by atoms with van der Waals surface area (Å²) in [5.74, 6) is -2.40.